The average Bonchev–Trinajstić information content (AvgIpc) is 3.85. The Labute approximate surface area is 307 Å². The van der Waals surface area contributed by atoms with Gasteiger partial charge in [0.05, 0.1) is 25.4 Å². The van der Waals surface area contributed by atoms with Crippen molar-refractivity contribution in [3.8, 4) is 0 Å². The molecule has 13 heteroatoms. The van der Waals surface area contributed by atoms with Gasteiger partial charge in [0, 0.05) is 12.8 Å². The molecular formula is C38H70NO11P. The normalized spacial score (nSPS) is 18.0. The SMILES string of the molecule is CCCCCCCCCCCCCC(=O)O[C@H](COC(=O)CCCCCCC/C=C\CC1OC1CCCCC)COP(=O)(O)OC[C@H](N)C(=O)O. The number of nitrogens with two attached hydrogens (primary N) is 1. The molecule has 0 radical (unpaired) electrons. The molecule has 0 aromatic rings. The molecule has 0 aromatic heterocycles. The van der Waals surface area contributed by atoms with Crippen LogP contribution in [0.2, 0.25) is 0 Å². The number of hydrogen-bond donors (Lipinski definition) is 3. The molecule has 0 bridgehead atoms. The molecule has 4 N–H and O–H groups in total. The summed E-state index contributed by atoms with van der Waals surface area (Å²) in [5, 5.41) is 8.86. The van der Waals surface area contributed by atoms with Gasteiger partial charge in [0.25, 0.3) is 0 Å². The highest BCUT2D eigenvalue weighted by atomic mass is 31.2. The van der Waals surface area contributed by atoms with Crippen LogP contribution in [0.1, 0.15) is 168 Å². The highest BCUT2D eigenvalue weighted by Crippen LogP contribution is 2.43. The van der Waals surface area contributed by atoms with E-state index in [-0.39, 0.29) is 19.4 Å². The molecule has 0 spiro atoms. The summed E-state index contributed by atoms with van der Waals surface area (Å²) in [6.45, 7) is 2.73. The lowest BCUT2D eigenvalue weighted by molar-refractivity contribution is -0.161. The largest absolute Gasteiger partial charge is 0.480 e. The average molecular weight is 748 g/mol. The van der Waals surface area contributed by atoms with E-state index in [0.717, 1.165) is 57.8 Å². The number of unbranched alkanes of at least 4 members (excludes halogenated alkanes) is 17. The molecule has 5 atom stereocenters. The summed E-state index contributed by atoms with van der Waals surface area (Å²) in [6.07, 6.45) is 28.8. The fraction of sp³-hybridized carbons (Fsp3) is 0.868. The van der Waals surface area contributed by atoms with Crippen LogP contribution in [0.15, 0.2) is 12.2 Å². The van der Waals surface area contributed by atoms with Crippen molar-refractivity contribution in [2.75, 3.05) is 19.8 Å². The van der Waals surface area contributed by atoms with E-state index in [2.05, 4.69) is 30.5 Å². The van der Waals surface area contributed by atoms with Crippen molar-refractivity contribution in [2.45, 2.75) is 192 Å². The van der Waals surface area contributed by atoms with Crippen molar-refractivity contribution in [3.63, 3.8) is 0 Å². The third kappa shape index (κ3) is 28.4. The Kier molecular flexibility index (Phi) is 28.3. The number of carboxylic acids is 1. The van der Waals surface area contributed by atoms with Gasteiger partial charge >= 0.3 is 25.7 Å². The van der Waals surface area contributed by atoms with E-state index < -0.39 is 51.1 Å². The van der Waals surface area contributed by atoms with Gasteiger partial charge in [-0.1, -0.05) is 129 Å². The van der Waals surface area contributed by atoms with Crippen molar-refractivity contribution in [2.24, 2.45) is 5.73 Å². The minimum absolute atomic E-state index is 0.159. The Balaban J connectivity index is 2.30. The molecule has 1 aliphatic heterocycles. The number of rotatable bonds is 36. The Morgan fingerprint density at radius 1 is 0.706 bits per heavy atom. The van der Waals surface area contributed by atoms with Gasteiger partial charge in [0.15, 0.2) is 6.10 Å². The predicted molar refractivity (Wildman–Crippen MR) is 198 cm³/mol. The zero-order valence-corrected chi connectivity index (χ0v) is 32.5. The van der Waals surface area contributed by atoms with Crippen LogP contribution in [0.3, 0.4) is 0 Å². The Morgan fingerprint density at radius 2 is 1.24 bits per heavy atom. The van der Waals surface area contributed by atoms with Crippen LogP contribution in [0.25, 0.3) is 0 Å². The Morgan fingerprint density at radius 3 is 1.84 bits per heavy atom. The molecular weight excluding hydrogens is 677 g/mol. The summed E-state index contributed by atoms with van der Waals surface area (Å²) in [6, 6.07) is -1.52. The lowest BCUT2D eigenvalue weighted by atomic mass is 10.1. The lowest BCUT2D eigenvalue weighted by Crippen LogP contribution is -2.34. The van der Waals surface area contributed by atoms with Crippen LogP contribution in [-0.4, -0.2) is 72.1 Å². The number of allylic oxidation sites excluding steroid dienone is 1. The minimum Gasteiger partial charge on any atom is -0.480 e. The van der Waals surface area contributed by atoms with E-state index in [1.54, 1.807) is 0 Å². The van der Waals surface area contributed by atoms with Gasteiger partial charge in [-0.05, 0) is 38.5 Å². The third-order valence-corrected chi connectivity index (χ3v) is 9.89. The molecule has 12 nitrogen and oxygen atoms in total. The number of carbonyl (C=O) groups is 3. The second kappa shape index (κ2) is 30.6. The van der Waals surface area contributed by atoms with E-state index in [1.165, 1.54) is 70.6 Å². The summed E-state index contributed by atoms with van der Waals surface area (Å²) in [5.74, 6) is -2.40. The van der Waals surface area contributed by atoms with Gasteiger partial charge in [-0.15, -0.1) is 0 Å². The first-order chi connectivity index (χ1) is 24.6. The summed E-state index contributed by atoms with van der Waals surface area (Å²) in [5.41, 5.74) is 5.32. The van der Waals surface area contributed by atoms with Gasteiger partial charge in [0.2, 0.25) is 0 Å². The van der Waals surface area contributed by atoms with Crippen LogP contribution in [0, 0.1) is 0 Å². The van der Waals surface area contributed by atoms with Crippen molar-refractivity contribution in [3.05, 3.63) is 12.2 Å². The van der Waals surface area contributed by atoms with Crippen LogP contribution >= 0.6 is 7.82 Å². The van der Waals surface area contributed by atoms with E-state index in [4.69, 9.17) is 29.6 Å². The topological polar surface area (TPSA) is 184 Å². The number of phosphoric ester groups is 1. The number of carbonyl (C=O) groups excluding carboxylic acids is 2. The number of phosphoric acid groups is 1. The molecule has 1 rings (SSSR count). The summed E-state index contributed by atoms with van der Waals surface area (Å²) >= 11 is 0. The van der Waals surface area contributed by atoms with Crippen LogP contribution < -0.4 is 5.73 Å². The molecule has 0 saturated carbocycles. The van der Waals surface area contributed by atoms with Crippen LogP contribution in [0.4, 0.5) is 0 Å². The summed E-state index contributed by atoms with van der Waals surface area (Å²) in [4.78, 5) is 45.8. The molecule has 0 aromatic carbocycles. The molecule has 3 unspecified atom stereocenters. The minimum atomic E-state index is -4.71. The van der Waals surface area contributed by atoms with Gasteiger partial charge in [-0.3, -0.25) is 23.4 Å². The van der Waals surface area contributed by atoms with E-state index in [1.807, 2.05) is 0 Å². The van der Waals surface area contributed by atoms with Gasteiger partial charge < -0.3 is 29.9 Å². The number of carboxylic acid groups (broad SMARTS) is 1. The fourth-order valence-corrected chi connectivity index (χ4v) is 6.44. The van der Waals surface area contributed by atoms with Gasteiger partial charge in [0.1, 0.15) is 12.6 Å². The fourth-order valence-electron chi connectivity index (χ4n) is 5.66. The van der Waals surface area contributed by atoms with Crippen molar-refractivity contribution in [1.82, 2.24) is 0 Å². The zero-order chi connectivity index (χ0) is 37.6. The van der Waals surface area contributed by atoms with E-state index >= 15 is 0 Å². The van der Waals surface area contributed by atoms with E-state index in [9.17, 15) is 23.8 Å². The maximum absolute atomic E-state index is 12.5. The Hall–Kier alpha value is -1.82. The number of epoxide rings is 1. The molecule has 1 fully saturated rings. The molecule has 51 heavy (non-hydrogen) atoms. The number of esters is 2. The molecule has 298 valence electrons. The second-order valence-corrected chi connectivity index (χ2v) is 15.3. The predicted octanol–water partition coefficient (Wildman–Crippen LogP) is 8.71. The quantitative estimate of drug-likeness (QED) is 0.0182. The number of ether oxygens (including phenoxy) is 3. The highest BCUT2D eigenvalue weighted by Gasteiger charge is 2.36. The monoisotopic (exact) mass is 747 g/mol. The van der Waals surface area contributed by atoms with Gasteiger partial charge in [-0.2, -0.15) is 0 Å². The Bertz CT molecular complexity index is 995. The first-order valence-corrected chi connectivity index (χ1v) is 21.3. The van der Waals surface area contributed by atoms with Crippen molar-refractivity contribution < 1.29 is 52.2 Å². The zero-order valence-electron chi connectivity index (χ0n) is 31.6. The van der Waals surface area contributed by atoms with Crippen molar-refractivity contribution >= 4 is 25.7 Å². The highest BCUT2D eigenvalue weighted by molar-refractivity contribution is 7.47. The molecule has 1 aliphatic rings. The van der Waals surface area contributed by atoms with Crippen LogP contribution in [0.5, 0.6) is 0 Å². The molecule has 0 aliphatic carbocycles. The maximum Gasteiger partial charge on any atom is 0.472 e. The second-order valence-electron chi connectivity index (χ2n) is 13.8. The molecule has 0 amide bonds. The summed E-state index contributed by atoms with van der Waals surface area (Å²) < 4.78 is 38.3. The van der Waals surface area contributed by atoms with Gasteiger partial charge in [-0.25, -0.2) is 4.57 Å². The first kappa shape index (κ1) is 47.2. The molecule has 1 saturated heterocycles. The lowest BCUT2D eigenvalue weighted by Gasteiger charge is -2.20. The smallest absolute Gasteiger partial charge is 0.472 e. The van der Waals surface area contributed by atoms with Crippen LogP contribution in [-0.2, 0) is 42.2 Å². The third-order valence-electron chi connectivity index (χ3n) is 8.94. The first-order valence-electron chi connectivity index (χ1n) is 19.8. The number of aliphatic carboxylic acids is 1. The standard InChI is InChI=1S/C38H70NO11P/c1-3-5-7-8-9-10-11-12-17-20-24-28-37(41)49-32(30-47-51(44,45)48-31-33(39)38(42)43)29-46-36(40)27-23-19-16-14-13-15-18-22-26-35-34(50-35)25-21-6-4-2/h18,22,32-35H,3-17,19-21,23-31,39H2,1-2H3,(H,42,43)(H,44,45)/b22-18-/t32-,33+,34?,35?/m1/s1. The molecule has 1 heterocycles. The van der Waals surface area contributed by atoms with E-state index in [0.29, 0.717) is 25.0 Å². The number of hydrogen-bond acceptors (Lipinski definition) is 10. The van der Waals surface area contributed by atoms with Crippen molar-refractivity contribution in [1.29, 1.82) is 0 Å². The summed E-state index contributed by atoms with van der Waals surface area (Å²) in [7, 11) is -4.71. The maximum atomic E-state index is 12.5.